The van der Waals surface area contributed by atoms with Crippen molar-refractivity contribution in [3.05, 3.63) is 66.2 Å². The summed E-state index contributed by atoms with van der Waals surface area (Å²) in [7, 11) is 1.56. The average Bonchev–Trinajstić information content (AvgIpc) is 2.98. The maximum absolute atomic E-state index is 13.5. The van der Waals surface area contributed by atoms with E-state index in [4.69, 9.17) is 9.15 Å². The Morgan fingerprint density at radius 2 is 2.04 bits per heavy atom. The molecule has 2 aromatic carbocycles. The molecule has 0 aliphatic heterocycles. The highest BCUT2D eigenvalue weighted by atomic mass is 19.1. The van der Waals surface area contributed by atoms with Gasteiger partial charge in [-0.25, -0.2) is 4.39 Å². The molecular formula is C18H14FNO3. The van der Waals surface area contributed by atoms with E-state index in [1.807, 2.05) is 12.1 Å². The molecule has 5 heteroatoms. The van der Waals surface area contributed by atoms with Gasteiger partial charge in [-0.05, 0) is 30.3 Å². The number of carbonyl (C=O) groups excluding carboxylic acids is 1. The monoisotopic (exact) mass is 311 g/mol. The zero-order chi connectivity index (χ0) is 16.2. The molecule has 23 heavy (non-hydrogen) atoms. The van der Waals surface area contributed by atoms with E-state index in [1.165, 1.54) is 24.3 Å². The molecule has 0 saturated carbocycles. The van der Waals surface area contributed by atoms with Gasteiger partial charge in [0.2, 0.25) is 5.91 Å². The predicted octanol–water partition coefficient (Wildman–Crippen LogP) is 4.23. The van der Waals surface area contributed by atoms with E-state index in [0.29, 0.717) is 17.1 Å². The number of rotatable bonds is 4. The van der Waals surface area contributed by atoms with Gasteiger partial charge in [-0.3, -0.25) is 4.79 Å². The maximum atomic E-state index is 13.5. The number of nitrogens with one attached hydrogen (secondary N) is 1. The SMILES string of the molecule is COc1cccc2cc(C=CC(=O)Nc3ccccc3F)oc12. The summed E-state index contributed by atoms with van der Waals surface area (Å²) < 4.78 is 24.3. The summed E-state index contributed by atoms with van der Waals surface area (Å²) >= 11 is 0. The van der Waals surface area contributed by atoms with Crippen LogP contribution >= 0.6 is 0 Å². The minimum atomic E-state index is -0.484. The van der Waals surface area contributed by atoms with Gasteiger partial charge in [0, 0.05) is 11.5 Å². The number of ether oxygens (including phenoxy) is 1. The Morgan fingerprint density at radius 3 is 2.83 bits per heavy atom. The third-order valence-electron chi connectivity index (χ3n) is 3.28. The van der Waals surface area contributed by atoms with Gasteiger partial charge in [-0.15, -0.1) is 0 Å². The van der Waals surface area contributed by atoms with Gasteiger partial charge in [-0.1, -0.05) is 24.3 Å². The van der Waals surface area contributed by atoms with Crippen LogP contribution in [0.15, 0.2) is 59.0 Å². The molecule has 0 saturated heterocycles. The van der Waals surface area contributed by atoms with Crippen molar-refractivity contribution in [3.8, 4) is 5.75 Å². The minimum absolute atomic E-state index is 0.133. The van der Waals surface area contributed by atoms with E-state index < -0.39 is 11.7 Å². The summed E-state index contributed by atoms with van der Waals surface area (Å²) in [6.07, 6.45) is 2.81. The molecule has 1 aromatic heterocycles. The fourth-order valence-electron chi connectivity index (χ4n) is 2.19. The van der Waals surface area contributed by atoms with Gasteiger partial charge in [0.05, 0.1) is 12.8 Å². The van der Waals surface area contributed by atoms with Gasteiger partial charge in [-0.2, -0.15) is 0 Å². The van der Waals surface area contributed by atoms with Gasteiger partial charge in [0.1, 0.15) is 11.6 Å². The molecule has 0 unspecified atom stereocenters. The molecule has 116 valence electrons. The molecule has 0 atom stereocenters. The van der Waals surface area contributed by atoms with E-state index in [9.17, 15) is 9.18 Å². The smallest absolute Gasteiger partial charge is 0.248 e. The zero-order valence-corrected chi connectivity index (χ0v) is 12.4. The number of amides is 1. The zero-order valence-electron chi connectivity index (χ0n) is 12.4. The van der Waals surface area contributed by atoms with Crippen LogP contribution in [0.2, 0.25) is 0 Å². The highest BCUT2D eigenvalue weighted by Crippen LogP contribution is 2.28. The highest BCUT2D eigenvalue weighted by molar-refractivity contribution is 6.02. The van der Waals surface area contributed by atoms with Crippen molar-refractivity contribution >= 4 is 28.6 Å². The summed E-state index contributed by atoms with van der Waals surface area (Å²) in [4.78, 5) is 11.8. The van der Waals surface area contributed by atoms with Gasteiger partial charge in [0.15, 0.2) is 11.3 Å². The van der Waals surface area contributed by atoms with Crippen LogP contribution in [-0.2, 0) is 4.79 Å². The van der Waals surface area contributed by atoms with E-state index in [2.05, 4.69) is 5.32 Å². The van der Waals surface area contributed by atoms with Crippen LogP contribution in [0.5, 0.6) is 5.75 Å². The van der Waals surface area contributed by atoms with E-state index in [1.54, 1.807) is 31.4 Å². The Balaban J connectivity index is 1.77. The Kier molecular flexibility index (Phi) is 4.10. The number of halogens is 1. The third kappa shape index (κ3) is 3.23. The summed E-state index contributed by atoms with van der Waals surface area (Å²) in [6.45, 7) is 0. The third-order valence-corrected chi connectivity index (χ3v) is 3.28. The van der Waals surface area contributed by atoms with Crippen molar-refractivity contribution in [3.63, 3.8) is 0 Å². The molecule has 3 rings (SSSR count). The van der Waals surface area contributed by atoms with Crippen molar-refractivity contribution in [2.45, 2.75) is 0 Å². The van der Waals surface area contributed by atoms with Crippen LogP contribution in [0.4, 0.5) is 10.1 Å². The normalized spacial score (nSPS) is 11.0. The molecule has 3 aromatic rings. The molecule has 0 aliphatic carbocycles. The van der Waals surface area contributed by atoms with Gasteiger partial charge < -0.3 is 14.5 Å². The molecule has 4 nitrogen and oxygen atoms in total. The van der Waals surface area contributed by atoms with Crippen molar-refractivity contribution in [2.24, 2.45) is 0 Å². The van der Waals surface area contributed by atoms with Crippen LogP contribution in [0.25, 0.3) is 17.0 Å². The predicted molar refractivity (Wildman–Crippen MR) is 86.8 cm³/mol. The number of carbonyl (C=O) groups is 1. The molecule has 0 bridgehead atoms. The molecule has 0 fully saturated rings. The average molecular weight is 311 g/mol. The molecule has 0 radical (unpaired) electrons. The first-order valence-corrected chi connectivity index (χ1v) is 6.97. The highest BCUT2D eigenvalue weighted by Gasteiger charge is 2.07. The van der Waals surface area contributed by atoms with Gasteiger partial charge >= 0.3 is 0 Å². The lowest BCUT2D eigenvalue weighted by Gasteiger charge is -2.02. The number of methoxy groups -OCH3 is 1. The molecular weight excluding hydrogens is 297 g/mol. The number of hydrogen-bond acceptors (Lipinski definition) is 3. The standard InChI is InChI=1S/C18H14FNO3/c1-22-16-8-4-5-12-11-13(23-18(12)16)9-10-17(21)20-15-7-3-2-6-14(15)19/h2-11H,1H3,(H,20,21). The lowest BCUT2D eigenvalue weighted by Crippen LogP contribution is -2.08. The second kappa shape index (κ2) is 6.36. The Labute approximate surface area is 132 Å². The minimum Gasteiger partial charge on any atom is -0.493 e. The Morgan fingerprint density at radius 1 is 1.22 bits per heavy atom. The van der Waals surface area contributed by atoms with Crippen LogP contribution in [0.1, 0.15) is 5.76 Å². The molecule has 0 aliphatic rings. The lowest BCUT2D eigenvalue weighted by molar-refractivity contribution is -0.111. The van der Waals surface area contributed by atoms with Crippen molar-refractivity contribution in [2.75, 3.05) is 12.4 Å². The first kappa shape index (κ1) is 14.8. The quantitative estimate of drug-likeness (QED) is 0.733. The lowest BCUT2D eigenvalue weighted by atomic mass is 10.2. The van der Waals surface area contributed by atoms with E-state index in [0.717, 1.165) is 5.39 Å². The molecule has 0 spiro atoms. The van der Waals surface area contributed by atoms with Crippen molar-refractivity contribution in [1.82, 2.24) is 0 Å². The van der Waals surface area contributed by atoms with Gasteiger partial charge in [0.25, 0.3) is 0 Å². The molecule has 1 heterocycles. The fourth-order valence-corrected chi connectivity index (χ4v) is 2.19. The van der Waals surface area contributed by atoms with Crippen LogP contribution in [-0.4, -0.2) is 13.0 Å². The number of furan rings is 1. The summed E-state index contributed by atoms with van der Waals surface area (Å²) in [5.74, 6) is 0.205. The van der Waals surface area contributed by atoms with Crippen molar-refractivity contribution < 1.29 is 18.3 Å². The fraction of sp³-hybridized carbons (Fsp3) is 0.0556. The van der Waals surface area contributed by atoms with Crippen LogP contribution in [0.3, 0.4) is 0 Å². The van der Waals surface area contributed by atoms with Crippen LogP contribution < -0.4 is 10.1 Å². The van der Waals surface area contributed by atoms with Crippen molar-refractivity contribution in [1.29, 1.82) is 0 Å². The number of benzene rings is 2. The first-order chi connectivity index (χ1) is 11.2. The Bertz CT molecular complexity index is 883. The summed E-state index contributed by atoms with van der Waals surface area (Å²) in [5.41, 5.74) is 0.748. The maximum Gasteiger partial charge on any atom is 0.248 e. The van der Waals surface area contributed by atoms with E-state index in [-0.39, 0.29) is 5.69 Å². The first-order valence-electron chi connectivity index (χ1n) is 6.97. The Hall–Kier alpha value is -3.08. The largest absolute Gasteiger partial charge is 0.493 e. The topological polar surface area (TPSA) is 51.5 Å². The number of para-hydroxylation sites is 2. The summed E-state index contributed by atoms with van der Waals surface area (Å²) in [5, 5.41) is 3.34. The number of anilines is 1. The molecule has 1 N–H and O–H groups in total. The van der Waals surface area contributed by atoms with Crippen LogP contribution in [0, 0.1) is 5.82 Å². The number of fused-ring (bicyclic) bond motifs is 1. The second-order valence-corrected chi connectivity index (χ2v) is 4.83. The summed E-state index contributed by atoms with van der Waals surface area (Å²) in [6, 6.07) is 13.3. The molecule has 1 amide bonds. The number of hydrogen-bond donors (Lipinski definition) is 1. The second-order valence-electron chi connectivity index (χ2n) is 4.83. The van der Waals surface area contributed by atoms with E-state index >= 15 is 0 Å².